The molecule has 0 fully saturated rings. The molecular formula is C20H21Cl2N3O6. The van der Waals surface area contributed by atoms with Crippen molar-refractivity contribution in [2.45, 2.75) is 13.0 Å². The Labute approximate surface area is 189 Å². The van der Waals surface area contributed by atoms with Crippen LogP contribution < -0.4 is 24.3 Å². The lowest BCUT2D eigenvalue weighted by Crippen LogP contribution is -2.31. The van der Waals surface area contributed by atoms with Crippen molar-refractivity contribution in [3.63, 3.8) is 0 Å². The van der Waals surface area contributed by atoms with Gasteiger partial charge in [-0.25, -0.2) is 0 Å². The fraction of sp³-hybridized carbons (Fsp3) is 0.300. The highest BCUT2D eigenvalue weighted by atomic mass is 35.5. The molecule has 1 atom stereocenters. The molecule has 2 rings (SSSR count). The van der Waals surface area contributed by atoms with E-state index in [1.165, 1.54) is 59.6 Å². The van der Waals surface area contributed by atoms with Crippen molar-refractivity contribution in [2.24, 2.45) is 10.2 Å². The SMILES string of the molecule is COc1cc(NC(=O)C(N=Nc2cc(Cl)cc(OC)c2OC)C(C)=O)cc(OC)c1Cl. The molecule has 0 saturated carbocycles. The van der Waals surface area contributed by atoms with Crippen molar-refractivity contribution in [2.75, 3.05) is 33.8 Å². The number of carbonyl (C=O) groups excluding carboxylic acids is 2. The fourth-order valence-electron chi connectivity index (χ4n) is 2.58. The number of carbonyl (C=O) groups is 2. The molecule has 0 aliphatic carbocycles. The van der Waals surface area contributed by atoms with Gasteiger partial charge in [0.25, 0.3) is 5.91 Å². The molecular weight excluding hydrogens is 449 g/mol. The van der Waals surface area contributed by atoms with E-state index in [9.17, 15) is 9.59 Å². The first kappa shape index (κ1) is 24.2. The van der Waals surface area contributed by atoms with E-state index in [-0.39, 0.29) is 28.0 Å². The van der Waals surface area contributed by atoms with E-state index < -0.39 is 17.7 Å². The van der Waals surface area contributed by atoms with Crippen molar-refractivity contribution < 1.29 is 28.5 Å². The Morgan fingerprint density at radius 1 is 0.903 bits per heavy atom. The van der Waals surface area contributed by atoms with Crippen LogP contribution in [0, 0.1) is 0 Å². The van der Waals surface area contributed by atoms with E-state index in [0.29, 0.717) is 16.5 Å². The van der Waals surface area contributed by atoms with Gasteiger partial charge in [-0.1, -0.05) is 23.2 Å². The molecule has 166 valence electrons. The first-order valence-corrected chi connectivity index (χ1v) is 9.56. The maximum absolute atomic E-state index is 12.7. The second-order valence-electron chi connectivity index (χ2n) is 6.07. The van der Waals surface area contributed by atoms with Crippen LogP contribution in [0.15, 0.2) is 34.5 Å². The van der Waals surface area contributed by atoms with Crippen molar-refractivity contribution in [1.82, 2.24) is 0 Å². The van der Waals surface area contributed by atoms with Gasteiger partial charge in [0.05, 0.1) is 28.4 Å². The van der Waals surface area contributed by atoms with E-state index in [1.54, 1.807) is 0 Å². The second-order valence-corrected chi connectivity index (χ2v) is 6.89. The van der Waals surface area contributed by atoms with Crippen LogP contribution in [-0.2, 0) is 9.59 Å². The third kappa shape index (κ3) is 5.77. The molecule has 0 spiro atoms. The van der Waals surface area contributed by atoms with Crippen LogP contribution in [0.2, 0.25) is 10.0 Å². The summed E-state index contributed by atoms with van der Waals surface area (Å²) < 4.78 is 20.8. The molecule has 1 unspecified atom stereocenters. The molecule has 0 aromatic heterocycles. The second kappa shape index (κ2) is 10.8. The summed E-state index contributed by atoms with van der Waals surface area (Å²) in [6.45, 7) is 1.22. The monoisotopic (exact) mass is 469 g/mol. The van der Waals surface area contributed by atoms with Gasteiger partial charge in [-0.15, -0.1) is 0 Å². The van der Waals surface area contributed by atoms with Crippen molar-refractivity contribution in [3.05, 3.63) is 34.3 Å². The molecule has 31 heavy (non-hydrogen) atoms. The Morgan fingerprint density at radius 3 is 1.97 bits per heavy atom. The average molecular weight is 470 g/mol. The van der Waals surface area contributed by atoms with Crippen LogP contribution in [0.4, 0.5) is 11.4 Å². The van der Waals surface area contributed by atoms with E-state index in [0.717, 1.165) is 0 Å². The summed E-state index contributed by atoms with van der Waals surface area (Å²) in [4.78, 5) is 24.8. The van der Waals surface area contributed by atoms with E-state index in [2.05, 4.69) is 15.5 Å². The number of nitrogens with zero attached hydrogens (tertiary/aromatic N) is 2. The van der Waals surface area contributed by atoms with Crippen molar-refractivity contribution >= 4 is 46.3 Å². The zero-order chi connectivity index (χ0) is 23.1. The minimum absolute atomic E-state index is 0.195. The number of azo groups is 1. The first-order valence-electron chi connectivity index (χ1n) is 8.80. The number of hydrogen-bond acceptors (Lipinski definition) is 8. The smallest absolute Gasteiger partial charge is 0.258 e. The van der Waals surface area contributed by atoms with Crippen LogP contribution in [0.3, 0.4) is 0 Å². The number of methoxy groups -OCH3 is 4. The van der Waals surface area contributed by atoms with Gasteiger partial charge in [0.1, 0.15) is 22.2 Å². The van der Waals surface area contributed by atoms with Gasteiger partial charge in [0.2, 0.25) is 6.04 Å². The molecule has 2 aromatic rings. The van der Waals surface area contributed by atoms with Gasteiger partial charge < -0.3 is 24.3 Å². The third-order valence-electron chi connectivity index (χ3n) is 4.05. The van der Waals surface area contributed by atoms with Gasteiger partial charge in [0, 0.05) is 28.9 Å². The minimum Gasteiger partial charge on any atom is -0.495 e. The van der Waals surface area contributed by atoms with Crippen LogP contribution in [-0.4, -0.2) is 46.2 Å². The number of anilines is 1. The van der Waals surface area contributed by atoms with Gasteiger partial charge in [-0.2, -0.15) is 10.2 Å². The maximum atomic E-state index is 12.7. The Balaban J connectivity index is 2.35. The highest BCUT2D eigenvalue weighted by Gasteiger charge is 2.24. The van der Waals surface area contributed by atoms with Crippen molar-refractivity contribution in [3.8, 4) is 23.0 Å². The number of ketones is 1. The van der Waals surface area contributed by atoms with Crippen LogP contribution >= 0.6 is 23.2 Å². The molecule has 2 aromatic carbocycles. The first-order chi connectivity index (χ1) is 14.7. The minimum atomic E-state index is -1.43. The standard InChI is InChI=1S/C20H21Cl2N3O6/c1-10(26)18(25-24-13-6-11(21)7-16(30-4)19(13)31-5)20(27)23-12-8-14(28-2)17(22)15(9-12)29-3/h6-9,18H,1-5H3,(H,23,27). The molecule has 1 amide bonds. The molecule has 0 bridgehead atoms. The van der Waals surface area contributed by atoms with E-state index in [4.69, 9.17) is 42.1 Å². The van der Waals surface area contributed by atoms with Gasteiger partial charge in [-0.3, -0.25) is 9.59 Å². The average Bonchev–Trinajstić information content (AvgIpc) is 2.74. The summed E-state index contributed by atoms with van der Waals surface area (Å²) in [6, 6.07) is 4.55. The van der Waals surface area contributed by atoms with Crippen molar-refractivity contribution in [1.29, 1.82) is 0 Å². The highest BCUT2D eigenvalue weighted by Crippen LogP contribution is 2.40. The number of nitrogens with one attached hydrogen (secondary N) is 1. The normalized spacial score (nSPS) is 11.7. The lowest BCUT2D eigenvalue weighted by Gasteiger charge is -2.14. The lowest BCUT2D eigenvalue weighted by atomic mass is 10.2. The summed E-state index contributed by atoms with van der Waals surface area (Å²) in [5.41, 5.74) is 0.493. The number of Topliss-reactive ketones (excluding diaryl/α,β-unsaturated/α-hetero) is 1. The number of amides is 1. The van der Waals surface area contributed by atoms with Crippen LogP contribution in [0.1, 0.15) is 6.92 Å². The Morgan fingerprint density at radius 2 is 1.48 bits per heavy atom. The fourth-order valence-corrected chi connectivity index (χ4v) is 3.04. The number of hydrogen-bond donors (Lipinski definition) is 1. The number of halogens is 2. The van der Waals surface area contributed by atoms with E-state index in [1.807, 2.05) is 0 Å². The molecule has 0 saturated heterocycles. The van der Waals surface area contributed by atoms with Crippen LogP contribution in [0.25, 0.3) is 0 Å². The third-order valence-corrected chi connectivity index (χ3v) is 4.64. The molecule has 0 aliphatic rings. The van der Waals surface area contributed by atoms with Crippen LogP contribution in [0.5, 0.6) is 23.0 Å². The molecule has 9 nitrogen and oxygen atoms in total. The predicted octanol–water partition coefficient (Wildman–Crippen LogP) is 4.71. The Bertz CT molecular complexity index is 988. The molecule has 0 heterocycles. The number of benzene rings is 2. The quantitative estimate of drug-likeness (QED) is 0.420. The summed E-state index contributed by atoms with van der Waals surface area (Å²) in [7, 11) is 5.70. The predicted molar refractivity (Wildman–Crippen MR) is 117 cm³/mol. The zero-order valence-electron chi connectivity index (χ0n) is 17.5. The summed E-state index contributed by atoms with van der Waals surface area (Å²) >= 11 is 12.2. The molecule has 0 radical (unpaired) electrons. The molecule has 0 aliphatic heterocycles. The van der Waals surface area contributed by atoms with Gasteiger partial charge in [-0.05, 0) is 13.0 Å². The Kier molecular flexibility index (Phi) is 8.47. The van der Waals surface area contributed by atoms with Gasteiger partial charge >= 0.3 is 0 Å². The largest absolute Gasteiger partial charge is 0.495 e. The Hall–Kier alpha value is -3.04. The number of rotatable bonds is 9. The molecule has 11 heteroatoms. The summed E-state index contributed by atoms with van der Waals surface area (Å²) in [5, 5.41) is 11.0. The summed E-state index contributed by atoms with van der Waals surface area (Å²) in [6.07, 6.45) is 0. The molecule has 1 N–H and O–H groups in total. The topological polar surface area (TPSA) is 108 Å². The highest BCUT2D eigenvalue weighted by molar-refractivity contribution is 6.33. The summed E-state index contributed by atoms with van der Waals surface area (Å²) in [5.74, 6) is -0.0856. The van der Waals surface area contributed by atoms with Gasteiger partial charge in [0.15, 0.2) is 17.3 Å². The zero-order valence-corrected chi connectivity index (χ0v) is 19.0. The lowest BCUT2D eigenvalue weighted by molar-refractivity contribution is -0.126. The number of ether oxygens (including phenoxy) is 4. The maximum Gasteiger partial charge on any atom is 0.258 e. The van der Waals surface area contributed by atoms with E-state index >= 15 is 0 Å².